The topological polar surface area (TPSA) is 3.88 Å². The van der Waals surface area contributed by atoms with Crippen molar-refractivity contribution in [3.8, 4) is 0 Å². The molecule has 1 heterocycles. The van der Waals surface area contributed by atoms with Crippen LogP contribution < -0.4 is 4.57 Å². The van der Waals surface area contributed by atoms with Crippen LogP contribution in [0.3, 0.4) is 0 Å². The van der Waals surface area contributed by atoms with Crippen molar-refractivity contribution >= 4 is 22.6 Å². The normalized spacial score (nSPS) is 9.67. The number of aryl methyl sites for hydroxylation is 2. The Morgan fingerprint density at radius 3 is 2.67 bits per heavy atom. The Bertz CT molecular complexity index is 220. The van der Waals surface area contributed by atoms with E-state index in [4.69, 9.17) is 0 Å². The third-order valence-corrected chi connectivity index (χ3v) is 2.03. The van der Waals surface area contributed by atoms with Gasteiger partial charge < -0.3 is 0 Å². The summed E-state index contributed by atoms with van der Waals surface area (Å²) in [6, 6.07) is 4.24. The van der Waals surface area contributed by atoms with Gasteiger partial charge in [0.1, 0.15) is 7.05 Å². The Labute approximate surface area is 68.9 Å². The molecule has 1 aromatic rings. The molecule has 2 heteroatoms. The fourth-order valence-electron chi connectivity index (χ4n) is 0.650. The molecule has 1 nitrogen and oxygen atoms in total. The summed E-state index contributed by atoms with van der Waals surface area (Å²) in [5.74, 6) is 0. The van der Waals surface area contributed by atoms with Gasteiger partial charge in [0.15, 0.2) is 11.9 Å². The Kier molecular flexibility index (Phi) is 2.05. The number of pyridine rings is 1. The van der Waals surface area contributed by atoms with Gasteiger partial charge in [-0.2, -0.15) is 0 Å². The van der Waals surface area contributed by atoms with Crippen molar-refractivity contribution in [2.45, 2.75) is 6.92 Å². The minimum atomic E-state index is 1.29. The van der Waals surface area contributed by atoms with Crippen molar-refractivity contribution in [2.75, 3.05) is 0 Å². The van der Waals surface area contributed by atoms with Crippen LogP contribution in [0.15, 0.2) is 18.3 Å². The lowest BCUT2D eigenvalue weighted by Crippen LogP contribution is -2.30. The van der Waals surface area contributed by atoms with Gasteiger partial charge in [0.2, 0.25) is 0 Å². The first kappa shape index (κ1) is 6.99. The summed E-state index contributed by atoms with van der Waals surface area (Å²) in [5, 5.41) is 0. The average Bonchev–Trinajstić information content (AvgIpc) is 1.80. The molecule has 0 N–H and O–H groups in total. The van der Waals surface area contributed by atoms with Gasteiger partial charge in [-0.15, -0.1) is 0 Å². The van der Waals surface area contributed by atoms with Crippen molar-refractivity contribution in [1.82, 2.24) is 0 Å². The van der Waals surface area contributed by atoms with Crippen LogP contribution in [-0.4, -0.2) is 0 Å². The van der Waals surface area contributed by atoms with Crippen LogP contribution in [0.4, 0.5) is 0 Å². The van der Waals surface area contributed by atoms with Crippen molar-refractivity contribution in [2.24, 2.45) is 7.05 Å². The predicted molar refractivity (Wildman–Crippen MR) is 45.1 cm³/mol. The van der Waals surface area contributed by atoms with Gasteiger partial charge in [0.05, 0.1) is 0 Å². The highest BCUT2D eigenvalue weighted by Gasteiger charge is 1.97. The lowest BCUT2D eigenvalue weighted by atomic mass is 10.4. The molecule has 0 radical (unpaired) electrons. The smallest absolute Gasteiger partial charge is 0.179 e. The molecule has 0 aliphatic heterocycles. The predicted octanol–water partition coefficient (Wildman–Crippen LogP) is 1.42. The van der Waals surface area contributed by atoms with Gasteiger partial charge in [-0.1, -0.05) is 0 Å². The molecular weight excluding hydrogens is 225 g/mol. The summed E-state index contributed by atoms with van der Waals surface area (Å²) in [5.41, 5.74) is 1.29. The first-order chi connectivity index (χ1) is 4.20. The van der Waals surface area contributed by atoms with Crippen LogP contribution in [0.5, 0.6) is 0 Å². The zero-order valence-electron chi connectivity index (χ0n) is 5.56. The maximum atomic E-state index is 2.31. The van der Waals surface area contributed by atoms with Crippen LogP contribution >= 0.6 is 22.6 Å². The van der Waals surface area contributed by atoms with Crippen LogP contribution in [0.2, 0.25) is 0 Å². The maximum absolute atomic E-state index is 2.31. The molecule has 0 unspecified atom stereocenters. The van der Waals surface area contributed by atoms with Gasteiger partial charge in [-0.3, -0.25) is 0 Å². The zero-order valence-corrected chi connectivity index (χ0v) is 7.71. The average molecular weight is 234 g/mol. The molecule has 48 valence electrons. The Hall–Kier alpha value is -0.120. The Morgan fingerprint density at radius 2 is 2.22 bits per heavy atom. The quantitative estimate of drug-likeness (QED) is 0.472. The van der Waals surface area contributed by atoms with Crippen LogP contribution in [0.1, 0.15) is 5.69 Å². The van der Waals surface area contributed by atoms with Crippen LogP contribution in [0, 0.1) is 10.5 Å². The second-order valence-electron chi connectivity index (χ2n) is 2.10. The van der Waals surface area contributed by atoms with Crippen molar-refractivity contribution < 1.29 is 4.57 Å². The molecule has 0 saturated carbocycles. The molecule has 0 saturated heterocycles. The number of halogens is 1. The van der Waals surface area contributed by atoms with Gasteiger partial charge in [0.25, 0.3) is 0 Å². The largest absolute Gasteiger partial charge is 0.205 e. The monoisotopic (exact) mass is 234 g/mol. The van der Waals surface area contributed by atoms with E-state index in [1.54, 1.807) is 0 Å². The Morgan fingerprint density at radius 1 is 1.56 bits per heavy atom. The standard InChI is InChI=1S/C7H9IN/c1-6-5-7(8)3-4-9(6)2/h3-5H,1-2H3/q+1. The van der Waals surface area contributed by atoms with Gasteiger partial charge in [-0.25, -0.2) is 4.57 Å². The molecule has 0 aliphatic rings. The number of aromatic nitrogens is 1. The van der Waals surface area contributed by atoms with E-state index in [-0.39, 0.29) is 0 Å². The third-order valence-electron chi connectivity index (χ3n) is 1.36. The number of hydrogen-bond donors (Lipinski definition) is 0. The minimum Gasteiger partial charge on any atom is -0.205 e. The molecule has 1 aromatic heterocycles. The molecule has 9 heavy (non-hydrogen) atoms. The van der Waals surface area contributed by atoms with E-state index in [1.165, 1.54) is 9.26 Å². The highest BCUT2D eigenvalue weighted by atomic mass is 127. The van der Waals surface area contributed by atoms with Crippen molar-refractivity contribution in [3.63, 3.8) is 0 Å². The molecule has 0 amide bonds. The van der Waals surface area contributed by atoms with Crippen molar-refractivity contribution in [1.29, 1.82) is 0 Å². The van der Waals surface area contributed by atoms with Gasteiger partial charge in [-0.05, 0) is 22.6 Å². The molecule has 0 aliphatic carbocycles. The van der Waals surface area contributed by atoms with Crippen molar-refractivity contribution in [3.05, 3.63) is 27.6 Å². The molecule has 0 atom stereocenters. The summed E-state index contributed by atoms with van der Waals surface area (Å²) in [7, 11) is 2.05. The maximum Gasteiger partial charge on any atom is 0.179 e. The molecular formula is C7H9IN+. The molecule has 0 spiro atoms. The first-order valence-corrected chi connectivity index (χ1v) is 3.90. The fraction of sp³-hybridized carbons (Fsp3) is 0.286. The minimum absolute atomic E-state index is 1.29. The summed E-state index contributed by atoms with van der Waals surface area (Å²) >= 11 is 2.31. The highest BCUT2D eigenvalue weighted by molar-refractivity contribution is 14.1. The summed E-state index contributed by atoms with van der Waals surface area (Å²) in [6.45, 7) is 2.10. The lowest BCUT2D eigenvalue weighted by molar-refractivity contribution is -0.677. The third kappa shape index (κ3) is 1.64. The summed E-state index contributed by atoms with van der Waals surface area (Å²) in [6.07, 6.45) is 2.07. The van der Waals surface area contributed by atoms with E-state index >= 15 is 0 Å². The van der Waals surface area contributed by atoms with E-state index in [9.17, 15) is 0 Å². The number of rotatable bonds is 0. The first-order valence-electron chi connectivity index (χ1n) is 2.82. The lowest BCUT2D eigenvalue weighted by Gasteiger charge is -1.91. The second-order valence-corrected chi connectivity index (χ2v) is 3.34. The SMILES string of the molecule is Cc1cc(I)cc[n+]1C. The molecule has 1 rings (SSSR count). The van der Waals surface area contributed by atoms with E-state index in [2.05, 4.69) is 52.4 Å². The van der Waals surface area contributed by atoms with Gasteiger partial charge in [0, 0.05) is 22.6 Å². The second kappa shape index (κ2) is 2.64. The molecule has 0 fully saturated rings. The van der Waals surface area contributed by atoms with E-state index < -0.39 is 0 Å². The van der Waals surface area contributed by atoms with Gasteiger partial charge >= 0.3 is 0 Å². The van der Waals surface area contributed by atoms with Crippen LogP contribution in [-0.2, 0) is 7.05 Å². The fourth-order valence-corrected chi connectivity index (χ4v) is 1.26. The zero-order chi connectivity index (χ0) is 6.85. The van der Waals surface area contributed by atoms with E-state index in [0.29, 0.717) is 0 Å². The summed E-state index contributed by atoms with van der Waals surface area (Å²) < 4.78 is 3.39. The number of hydrogen-bond acceptors (Lipinski definition) is 0. The Balaban J connectivity index is 3.17. The number of nitrogens with zero attached hydrogens (tertiary/aromatic N) is 1. The van der Waals surface area contributed by atoms with E-state index in [1.807, 2.05) is 7.05 Å². The van der Waals surface area contributed by atoms with E-state index in [0.717, 1.165) is 0 Å². The van der Waals surface area contributed by atoms with Crippen LogP contribution in [0.25, 0.3) is 0 Å². The molecule has 0 aromatic carbocycles. The highest BCUT2D eigenvalue weighted by Crippen LogP contribution is 2.01. The summed E-state index contributed by atoms with van der Waals surface area (Å²) in [4.78, 5) is 0. The molecule has 0 bridgehead atoms.